The Labute approximate surface area is 390 Å². The van der Waals surface area contributed by atoms with Crippen molar-refractivity contribution in [1.29, 1.82) is 0 Å². The summed E-state index contributed by atoms with van der Waals surface area (Å²) in [4.78, 5) is 9.21. The summed E-state index contributed by atoms with van der Waals surface area (Å²) in [6.07, 6.45) is 0. The van der Waals surface area contributed by atoms with Gasteiger partial charge in [-0.05, 0) is 157 Å². The van der Waals surface area contributed by atoms with Crippen LogP contribution in [-0.2, 0) is 0 Å². The second-order valence-electron chi connectivity index (χ2n) is 15.5. The van der Waals surface area contributed by atoms with Gasteiger partial charge in [0.2, 0.25) is 0 Å². The average Bonchev–Trinajstić information content (AvgIpc) is 3.40. The number of hydrogen-bond donors (Lipinski definition) is 0. The van der Waals surface area contributed by atoms with Crippen LogP contribution in [0.1, 0.15) is 13.8 Å². The minimum atomic E-state index is 1.08. The molecule has 0 aliphatic heterocycles. The summed E-state index contributed by atoms with van der Waals surface area (Å²) >= 11 is 0. The van der Waals surface area contributed by atoms with Crippen LogP contribution in [0.4, 0.5) is 68.2 Å². The molecule has 320 valence electrons. The Morgan fingerprint density at radius 3 is 0.424 bits per heavy atom. The van der Waals surface area contributed by atoms with E-state index in [1.165, 1.54) is 0 Å². The molecule has 0 atom stereocenters. The van der Waals surface area contributed by atoms with Crippen molar-refractivity contribution >= 4 is 68.2 Å². The molecule has 0 aromatic heterocycles. The number of para-hydroxylation sites is 6. The number of rotatable bonds is 13. The lowest BCUT2D eigenvalue weighted by Crippen LogP contribution is -2.12. The predicted molar refractivity (Wildman–Crippen MR) is 282 cm³/mol. The molecule has 10 aromatic rings. The molecule has 4 nitrogen and oxygen atoms in total. The maximum absolute atomic E-state index is 2.31. The first-order valence-electron chi connectivity index (χ1n) is 22.7. The van der Waals surface area contributed by atoms with Crippen molar-refractivity contribution in [2.45, 2.75) is 13.8 Å². The smallest absolute Gasteiger partial charge is 0.0463 e. The van der Waals surface area contributed by atoms with E-state index in [9.17, 15) is 0 Å². The lowest BCUT2D eigenvalue weighted by molar-refractivity contribution is 1.25. The van der Waals surface area contributed by atoms with E-state index in [1.807, 2.05) is 13.8 Å². The molecule has 10 rings (SSSR count). The molecule has 0 N–H and O–H groups in total. The maximum Gasteiger partial charge on any atom is 0.0463 e. The molecule has 0 fully saturated rings. The van der Waals surface area contributed by atoms with E-state index in [-0.39, 0.29) is 0 Å². The van der Waals surface area contributed by atoms with E-state index < -0.39 is 0 Å². The van der Waals surface area contributed by atoms with E-state index in [0.29, 0.717) is 0 Å². The zero-order valence-corrected chi connectivity index (χ0v) is 37.3. The largest absolute Gasteiger partial charge is 0.311 e. The van der Waals surface area contributed by atoms with Crippen LogP contribution in [0.15, 0.2) is 279 Å². The monoisotopic (exact) mass is 852 g/mol. The quantitative estimate of drug-likeness (QED) is 0.115. The highest BCUT2D eigenvalue weighted by Crippen LogP contribution is 2.42. The molecule has 0 aliphatic rings. The third-order valence-electron chi connectivity index (χ3n) is 11.4. The lowest BCUT2D eigenvalue weighted by Gasteiger charge is -2.28. The van der Waals surface area contributed by atoms with Crippen LogP contribution in [-0.4, -0.2) is 0 Å². The second kappa shape index (κ2) is 20.7. The predicted octanol–water partition coefficient (Wildman–Crippen LogP) is 18.3. The lowest BCUT2D eigenvalue weighted by atomic mass is 10.0. The fraction of sp³-hybridized carbons (Fsp3) is 0.0323. The minimum absolute atomic E-state index is 1.08. The van der Waals surface area contributed by atoms with E-state index in [2.05, 4.69) is 299 Å². The van der Waals surface area contributed by atoms with Gasteiger partial charge in [0.15, 0.2) is 0 Å². The number of hydrogen-bond acceptors (Lipinski definition) is 4. The number of anilines is 12. The zero-order chi connectivity index (χ0) is 44.9. The molecule has 66 heavy (non-hydrogen) atoms. The van der Waals surface area contributed by atoms with E-state index in [4.69, 9.17) is 0 Å². The Morgan fingerprint density at radius 1 is 0.152 bits per heavy atom. The molecule has 0 radical (unpaired) electrons. The molecular weight excluding hydrogens is 801 g/mol. The van der Waals surface area contributed by atoms with Crippen LogP contribution in [0.2, 0.25) is 0 Å². The molecule has 0 saturated heterocycles. The van der Waals surface area contributed by atoms with Crippen molar-refractivity contribution in [3.8, 4) is 11.1 Å². The van der Waals surface area contributed by atoms with Gasteiger partial charge in [-0.2, -0.15) is 0 Å². The summed E-state index contributed by atoms with van der Waals surface area (Å²) in [6.45, 7) is 4.00. The van der Waals surface area contributed by atoms with E-state index in [1.54, 1.807) is 0 Å². The van der Waals surface area contributed by atoms with E-state index in [0.717, 1.165) is 79.4 Å². The topological polar surface area (TPSA) is 13.0 Å². The molecule has 0 spiro atoms. The van der Waals surface area contributed by atoms with Gasteiger partial charge < -0.3 is 19.6 Å². The van der Waals surface area contributed by atoms with Crippen LogP contribution in [0.3, 0.4) is 0 Å². The Hall–Kier alpha value is -8.60. The molecule has 10 aromatic carbocycles. The van der Waals surface area contributed by atoms with Gasteiger partial charge in [-0.15, -0.1) is 0 Å². The fourth-order valence-electron chi connectivity index (χ4n) is 8.36. The summed E-state index contributed by atoms with van der Waals surface area (Å²) in [7, 11) is 0. The summed E-state index contributed by atoms with van der Waals surface area (Å²) in [5.74, 6) is 0. The molecule has 0 heterocycles. The maximum atomic E-state index is 2.31. The first-order valence-corrected chi connectivity index (χ1v) is 22.7. The molecule has 4 heteroatoms. The second-order valence-corrected chi connectivity index (χ2v) is 15.5. The minimum Gasteiger partial charge on any atom is -0.311 e. The van der Waals surface area contributed by atoms with Crippen LogP contribution < -0.4 is 19.6 Å². The zero-order valence-electron chi connectivity index (χ0n) is 37.3. The number of nitrogens with zero attached hydrogens (tertiary/aromatic N) is 4. The number of benzene rings is 10. The highest BCUT2D eigenvalue weighted by Gasteiger charge is 2.18. The third kappa shape index (κ3) is 9.50. The highest BCUT2D eigenvalue weighted by molar-refractivity contribution is 5.84. The molecular formula is C62H52N4. The van der Waals surface area contributed by atoms with Crippen molar-refractivity contribution in [2.75, 3.05) is 19.6 Å². The summed E-state index contributed by atoms with van der Waals surface area (Å²) in [5.41, 5.74) is 15.4. The molecule has 0 unspecified atom stereocenters. The van der Waals surface area contributed by atoms with Crippen molar-refractivity contribution in [2.24, 2.45) is 0 Å². The van der Waals surface area contributed by atoms with Crippen molar-refractivity contribution in [1.82, 2.24) is 0 Å². The summed E-state index contributed by atoms with van der Waals surface area (Å²) in [6, 6.07) is 98.7. The van der Waals surface area contributed by atoms with Crippen molar-refractivity contribution in [3.05, 3.63) is 279 Å². The molecule has 0 bridgehead atoms. The van der Waals surface area contributed by atoms with Gasteiger partial charge in [-0.25, -0.2) is 0 Å². The average molecular weight is 853 g/mol. The van der Waals surface area contributed by atoms with Crippen LogP contribution >= 0.6 is 0 Å². The fourth-order valence-corrected chi connectivity index (χ4v) is 8.36. The van der Waals surface area contributed by atoms with Crippen LogP contribution in [0.5, 0.6) is 0 Å². The first-order chi connectivity index (χ1) is 32.8. The SMILES string of the molecule is CC.c1ccc(N(c2ccccc2)c2ccc(N(c3ccccc3)c3ccc(-c4ccc(N(c5ccccc5)c5ccc(N(c6ccccc6)c6ccccc6)cc5)cc4)cc3)cc2)cc1. The Kier molecular flexibility index (Phi) is 13.4. The van der Waals surface area contributed by atoms with Gasteiger partial charge >= 0.3 is 0 Å². The van der Waals surface area contributed by atoms with Gasteiger partial charge in [0.1, 0.15) is 0 Å². The van der Waals surface area contributed by atoms with Gasteiger partial charge in [0, 0.05) is 68.2 Å². The summed E-state index contributed by atoms with van der Waals surface area (Å²) < 4.78 is 0. The van der Waals surface area contributed by atoms with Gasteiger partial charge in [-0.1, -0.05) is 147 Å². The Bertz CT molecular complexity index is 2690. The van der Waals surface area contributed by atoms with Crippen LogP contribution in [0.25, 0.3) is 11.1 Å². The first kappa shape index (κ1) is 42.7. The van der Waals surface area contributed by atoms with Crippen molar-refractivity contribution < 1.29 is 0 Å². The van der Waals surface area contributed by atoms with Gasteiger partial charge in [0.25, 0.3) is 0 Å². The summed E-state index contributed by atoms with van der Waals surface area (Å²) in [5, 5.41) is 0. The molecule has 0 amide bonds. The van der Waals surface area contributed by atoms with Gasteiger partial charge in [0.05, 0.1) is 0 Å². The normalized spacial score (nSPS) is 10.6. The Morgan fingerprint density at radius 2 is 0.273 bits per heavy atom. The van der Waals surface area contributed by atoms with Crippen molar-refractivity contribution in [3.63, 3.8) is 0 Å². The highest BCUT2D eigenvalue weighted by atomic mass is 15.2. The molecule has 0 saturated carbocycles. The molecule has 0 aliphatic carbocycles. The van der Waals surface area contributed by atoms with Crippen LogP contribution in [0, 0.1) is 0 Å². The Balaban J connectivity index is 0.00000270. The van der Waals surface area contributed by atoms with Gasteiger partial charge in [-0.3, -0.25) is 0 Å². The standard InChI is InChI=1S/C60H46N4.C2H6/c1-7-19-49(20-8-1)61(50-21-9-2-10-22-50)57-39-43-59(44-40-57)63(53-27-15-5-16-28-53)55-35-31-47(32-36-55)48-33-37-56(38-34-48)64(54-29-17-6-18-30-54)60-45-41-58(42-46-60)62(51-23-11-3-12-24-51)52-25-13-4-14-26-52;1-2/h1-46H;1-2H3. The van der Waals surface area contributed by atoms with E-state index >= 15 is 0 Å². The third-order valence-corrected chi connectivity index (χ3v) is 11.4.